The molecular weight excluding hydrogens is 427 g/mol. The first-order chi connectivity index (χ1) is 14.3. The van der Waals surface area contributed by atoms with E-state index >= 15 is 0 Å². The van der Waals surface area contributed by atoms with E-state index in [4.69, 9.17) is 32.7 Å². The molecule has 2 atom stereocenters. The van der Waals surface area contributed by atoms with Gasteiger partial charge in [0.15, 0.2) is 0 Å². The Morgan fingerprint density at radius 3 is 2.60 bits per heavy atom. The maximum absolute atomic E-state index is 13.0. The molecule has 8 heteroatoms. The molecule has 1 aliphatic heterocycles. The van der Waals surface area contributed by atoms with Gasteiger partial charge in [0.25, 0.3) is 5.91 Å². The van der Waals surface area contributed by atoms with Gasteiger partial charge in [-0.15, -0.1) is 0 Å². The summed E-state index contributed by atoms with van der Waals surface area (Å²) >= 11 is 12.2. The van der Waals surface area contributed by atoms with Crippen molar-refractivity contribution in [2.75, 3.05) is 20.8 Å². The maximum atomic E-state index is 13.0. The van der Waals surface area contributed by atoms with Crippen molar-refractivity contribution in [2.24, 2.45) is 0 Å². The third-order valence-electron chi connectivity index (χ3n) is 5.24. The number of nitrogens with one attached hydrogen (secondary N) is 1. The number of nitrogens with zero attached hydrogens (tertiary/aromatic N) is 1. The fourth-order valence-corrected chi connectivity index (χ4v) is 4.03. The number of ether oxygens (including phenoxy) is 2. The van der Waals surface area contributed by atoms with Crippen LogP contribution in [-0.4, -0.2) is 43.5 Å². The van der Waals surface area contributed by atoms with Crippen LogP contribution in [-0.2, 0) is 4.79 Å². The van der Waals surface area contributed by atoms with Crippen molar-refractivity contribution < 1.29 is 19.1 Å². The van der Waals surface area contributed by atoms with Crippen LogP contribution in [0.15, 0.2) is 36.4 Å². The minimum Gasteiger partial charge on any atom is -0.497 e. The van der Waals surface area contributed by atoms with Crippen LogP contribution in [0.2, 0.25) is 10.0 Å². The van der Waals surface area contributed by atoms with Gasteiger partial charge in [0.1, 0.15) is 17.5 Å². The smallest absolute Gasteiger partial charge is 0.256 e. The summed E-state index contributed by atoms with van der Waals surface area (Å²) in [6.45, 7) is 2.36. The Hall–Kier alpha value is -2.44. The van der Waals surface area contributed by atoms with Crippen molar-refractivity contribution in [3.05, 3.63) is 57.6 Å². The van der Waals surface area contributed by atoms with E-state index in [1.807, 2.05) is 19.1 Å². The monoisotopic (exact) mass is 450 g/mol. The summed E-state index contributed by atoms with van der Waals surface area (Å²) in [5, 5.41) is 3.73. The van der Waals surface area contributed by atoms with Gasteiger partial charge in [-0.2, -0.15) is 0 Å². The van der Waals surface area contributed by atoms with Gasteiger partial charge in [-0.3, -0.25) is 9.59 Å². The zero-order valence-electron chi connectivity index (χ0n) is 17.1. The summed E-state index contributed by atoms with van der Waals surface area (Å²) in [4.78, 5) is 27.6. The van der Waals surface area contributed by atoms with E-state index in [2.05, 4.69) is 5.32 Å². The fourth-order valence-electron chi connectivity index (χ4n) is 3.66. The molecule has 0 aliphatic carbocycles. The number of carbonyl (C=O) groups excluding carboxylic acids is 2. The molecule has 6 nitrogen and oxygen atoms in total. The number of carbonyl (C=O) groups is 2. The van der Waals surface area contributed by atoms with E-state index in [9.17, 15) is 9.59 Å². The van der Waals surface area contributed by atoms with Crippen LogP contribution in [0.1, 0.15) is 41.7 Å². The lowest BCUT2D eigenvalue weighted by molar-refractivity contribution is -0.125. The van der Waals surface area contributed by atoms with E-state index < -0.39 is 6.04 Å². The van der Waals surface area contributed by atoms with E-state index in [1.165, 1.54) is 6.07 Å². The third kappa shape index (κ3) is 4.65. The lowest BCUT2D eigenvalue weighted by atomic mass is 10.1. The van der Waals surface area contributed by atoms with Gasteiger partial charge in [-0.1, -0.05) is 23.2 Å². The molecular formula is C22H24Cl2N2O4. The van der Waals surface area contributed by atoms with Crippen LogP contribution in [0.3, 0.4) is 0 Å². The van der Waals surface area contributed by atoms with Gasteiger partial charge in [0.2, 0.25) is 5.91 Å². The first-order valence-electron chi connectivity index (χ1n) is 9.64. The van der Waals surface area contributed by atoms with Crippen molar-refractivity contribution in [3.8, 4) is 11.5 Å². The molecule has 1 saturated heterocycles. The van der Waals surface area contributed by atoms with Crippen LogP contribution in [0, 0.1) is 0 Å². The Bertz CT molecular complexity index is 951. The topological polar surface area (TPSA) is 67.9 Å². The number of likely N-dealkylation sites (tertiary alicyclic amines) is 1. The Balaban J connectivity index is 1.76. The van der Waals surface area contributed by atoms with Gasteiger partial charge >= 0.3 is 0 Å². The van der Waals surface area contributed by atoms with E-state index in [0.29, 0.717) is 40.1 Å². The van der Waals surface area contributed by atoms with Crippen LogP contribution < -0.4 is 14.8 Å². The molecule has 160 valence electrons. The molecule has 2 unspecified atom stereocenters. The van der Waals surface area contributed by atoms with Crippen molar-refractivity contribution in [3.63, 3.8) is 0 Å². The summed E-state index contributed by atoms with van der Waals surface area (Å²) in [5.41, 5.74) is 1.12. The number of benzene rings is 2. The molecule has 3 rings (SSSR count). The highest BCUT2D eigenvalue weighted by atomic mass is 35.5. The second-order valence-corrected chi connectivity index (χ2v) is 7.96. The zero-order valence-corrected chi connectivity index (χ0v) is 18.6. The normalized spacial score (nSPS) is 16.8. The molecule has 1 aliphatic rings. The largest absolute Gasteiger partial charge is 0.497 e. The number of hydrogen-bond acceptors (Lipinski definition) is 4. The van der Waals surface area contributed by atoms with E-state index in [0.717, 1.165) is 12.0 Å². The molecule has 30 heavy (non-hydrogen) atoms. The SMILES string of the molecule is COc1ccc(C(C)NC(=O)C2CCCN2C(=O)c2cc(Cl)ccc2Cl)c(OC)c1. The standard InChI is InChI=1S/C22H24Cl2N2O4/c1-13(16-8-7-15(29-2)12-20(16)30-3)25-21(27)19-5-4-10-26(19)22(28)17-11-14(23)6-9-18(17)24/h6-9,11-13,19H,4-5,10H2,1-3H3,(H,25,27). The molecule has 0 bridgehead atoms. The Morgan fingerprint density at radius 1 is 1.13 bits per heavy atom. The predicted octanol–water partition coefficient (Wildman–Crippen LogP) is 4.49. The molecule has 1 N–H and O–H groups in total. The maximum Gasteiger partial charge on any atom is 0.256 e. The van der Waals surface area contributed by atoms with E-state index in [-0.39, 0.29) is 17.9 Å². The van der Waals surface area contributed by atoms with Crippen LogP contribution >= 0.6 is 23.2 Å². The van der Waals surface area contributed by atoms with Gasteiger partial charge in [-0.05, 0) is 50.1 Å². The van der Waals surface area contributed by atoms with Crippen molar-refractivity contribution in [1.29, 1.82) is 0 Å². The zero-order chi connectivity index (χ0) is 21.8. The highest BCUT2D eigenvalue weighted by Crippen LogP contribution is 2.30. The summed E-state index contributed by atoms with van der Waals surface area (Å²) in [5.74, 6) is 0.770. The van der Waals surface area contributed by atoms with Gasteiger partial charge in [0, 0.05) is 23.2 Å². The molecule has 0 spiro atoms. The second-order valence-electron chi connectivity index (χ2n) is 7.12. The Morgan fingerprint density at radius 2 is 1.90 bits per heavy atom. The van der Waals surface area contributed by atoms with Crippen LogP contribution in [0.25, 0.3) is 0 Å². The van der Waals surface area contributed by atoms with Crippen molar-refractivity contribution in [2.45, 2.75) is 31.8 Å². The lowest BCUT2D eigenvalue weighted by Crippen LogP contribution is -2.46. The quantitative estimate of drug-likeness (QED) is 0.703. The molecule has 0 aromatic heterocycles. The molecule has 0 radical (unpaired) electrons. The molecule has 2 aromatic rings. The summed E-state index contributed by atoms with van der Waals surface area (Å²) in [7, 11) is 3.15. The highest BCUT2D eigenvalue weighted by Gasteiger charge is 2.36. The predicted molar refractivity (Wildman–Crippen MR) is 117 cm³/mol. The molecule has 2 amide bonds. The minimum atomic E-state index is -0.570. The number of rotatable bonds is 6. The highest BCUT2D eigenvalue weighted by molar-refractivity contribution is 6.35. The minimum absolute atomic E-state index is 0.218. The van der Waals surface area contributed by atoms with Gasteiger partial charge in [0.05, 0.1) is 30.8 Å². The average Bonchev–Trinajstić information content (AvgIpc) is 3.24. The first kappa shape index (κ1) is 22.2. The third-order valence-corrected chi connectivity index (χ3v) is 5.81. The van der Waals surface area contributed by atoms with Gasteiger partial charge in [-0.25, -0.2) is 0 Å². The molecule has 0 saturated carbocycles. The van der Waals surface area contributed by atoms with E-state index in [1.54, 1.807) is 37.3 Å². The first-order valence-corrected chi connectivity index (χ1v) is 10.4. The Labute approximate surface area is 186 Å². The summed E-state index contributed by atoms with van der Waals surface area (Å²) in [6, 6.07) is 9.29. The van der Waals surface area contributed by atoms with Gasteiger partial charge < -0.3 is 19.7 Å². The van der Waals surface area contributed by atoms with Crippen molar-refractivity contribution >= 4 is 35.0 Å². The van der Waals surface area contributed by atoms with Crippen LogP contribution in [0.5, 0.6) is 11.5 Å². The Kier molecular flexibility index (Phi) is 7.10. The number of amides is 2. The number of hydrogen-bond donors (Lipinski definition) is 1. The summed E-state index contributed by atoms with van der Waals surface area (Å²) in [6.07, 6.45) is 1.32. The molecule has 1 heterocycles. The average molecular weight is 451 g/mol. The lowest BCUT2D eigenvalue weighted by Gasteiger charge is -2.26. The number of methoxy groups -OCH3 is 2. The van der Waals surface area contributed by atoms with Crippen LogP contribution in [0.4, 0.5) is 0 Å². The number of halogens is 2. The second kappa shape index (κ2) is 9.58. The molecule has 2 aromatic carbocycles. The fraction of sp³-hybridized carbons (Fsp3) is 0.364. The summed E-state index contributed by atoms with van der Waals surface area (Å²) < 4.78 is 10.7. The molecule has 1 fully saturated rings. The van der Waals surface area contributed by atoms with Crippen molar-refractivity contribution in [1.82, 2.24) is 10.2 Å².